The first kappa shape index (κ1) is 85.9. The van der Waals surface area contributed by atoms with Crippen molar-refractivity contribution in [1.82, 2.24) is 5.32 Å². The van der Waals surface area contributed by atoms with Gasteiger partial charge in [-0.1, -0.05) is 346 Å². The Hall–Kier alpha value is -2.12. The van der Waals surface area contributed by atoms with Crippen LogP contribution < -0.4 is 5.32 Å². The van der Waals surface area contributed by atoms with Crippen molar-refractivity contribution in [2.45, 2.75) is 436 Å². The van der Waals surface area contributed by atoms with Gasteiger partial charge in [-0.2, -0.15) is 0 Å². The Morgan fingerprint density at radius 3 is 1.10 bits per heavy atom. The van der Waals surface area contributed by atoms with E-state index in [1.54, 1.807) is 6.08 Å². The molecule has 1 amide bonds. The molecule has 530 valence electrons. The third-order valence-corrected chi connectivity index (χ3v) is 18.7. The highest BCUT2D eigenvalue weighted by Gasteiger charge is 2.44. The Morgan fingerprint density at radius 1 is 0.400 bits per heavy atom. The molecule has 6 N–H and O–H groups in total. The molecule has 7 unspecified atom stereocenters. The summed E-state index contributed by atoms with van der Waals surface area (Å²) >= 11 is 0. The number of aliphatic hydroxyl groups excluding tert-OH is 5. The minimum absolute atomic E-state index is 0.0146. The normalized spacial score (nSPS) is 17.8. The van der Waals surface area contributed by atoms with E-state index in [1.807, 2.05) is 6.08 Å². The zero-order valence-corrected chi connectivity index (χ0v) is 59.1. The average molecular weight is 1270 g/mol. The predicted molar refractivity (Wildman–Crippen MR) is 380 cm³/mol. The van der Waals surface area contributed by atoms with E-state index < -0.39 is 49.5 Å². The summed E-state index contributed by atoms with van der Waals surface area (Å²) in [6, 6.07) is -0.825. The third kappa shape index (κ3) is 56.2. The molecule has 1 heterocycles. The van der Waals surface area contributed by atoms with Crippen molar-refractivity contribution in [2.75, 3.05) is 19.8 Å². The van der Waals surface area contributed by atoms with Crippen LogP contribution in [-0.4, -0.2) is 100 Å². The number of amides is 1. The summed E-state index contributed by atoms with van der Waals surface area (Å²) in [6.07, 6.45) is 78.8. The number of hydrogen-bond donors (Lipinski definition) is 6. The van der Waals surface area contributed by atoms with E-state index in [4.69, 9.17) is 14.2 Å². The van der Waals surface area contributed by atoms with Crippen molar-refractivity contribution < 1.29 is 49.3 Å². The lowest BCUT2D eigenvalue weighted by Gasteiger charge is -2.40. The van der Waals surface area contributed by atoms with Crippen LogP contribution in [0.5, 0.6) is 0 Å². The second kappa shape index (κ2) is 68.3. The standard InChI is InChI=1S/C79H149NO10/c1-3-5-7-9-11-13-15-17-39-42-45-49-53-57-61-65-72(82)71(70-89-79-78(87)77(86)76(85)73(69-81)90-79)80-74(83)66-62-58-54-50-46-43-40-37-35-33-31-29-27-25-23-21-19-18-20-22-24-26-28-30-32-34-36-38-41-44-48-52-56-60-64-68-88-75(84)67-63-59-55-51-47-16-14-12-10-8-6-4-2/h20,22,45,49,61,65,71-73,76-79,81-82,85-87H,3-19,21,23-44,46-48,50-60,62-64,66-70H2,1-2H3,(H,80,83)/b22-20-,49-45+,65-61+. The van der Waals surface area contributed by atoms with Crippen molar-refractivity contribution in [2.24, 2.45) is 0 Å². The van der Waals surface area contributed by atoms with E-state index >= 15 is 0 Å². The van der Waals surface area contributed by atoms with Gasteiger partial charge in [0.1, 0.15) is 24.4 Å². The lowest BCUT2D eigenvalue weighted by molar-refractivity contribution is -0.302. The molecule has 11 nitrogen and oxygen atoms in total. The molecule has 7 atom stereocenters. The van der Waals surface area contributed by atoms with Crippen molar-refractivity contribution in [1.29, 1.82) is 0 Å². The number of rotatable bonds is 70. The number of allylic oxidation sites excluding steroid dienone is 5. The molecule has 0 spiro atoms. The Morgan fingerprint density at radius 2 is 0.722 bits per heavy atom. The van der Waals surface area contributed by atoms with Crippen LogP contribution in [0.25, 0.3) is 0 Å². The highest BCUT2D eigenvalue weighted by atomic mass is 16.7. The molecule has 0 aromatic carbocycles. The molecule has 1 saturated heterocycles. The first-order chi connectivity index (χ1) is 44.2. The van der Waals surface area contributed by atoms with Gasteiger partial charge in [0.15, 0.2) is 6.29 Å². The van der Waals surface area contributed by atoms with Crippen molar-refractivity contribution in [3.05, 3.63) is 36.5 Å². The van der Waals surface area contributed by atoms with Crippen molar-refractivity contribution >= 4 is 11.9 Å². The molecular formula is C79H149NO10. The van der Waals surface area contributed by atoms with Crippen LogP contribution in [0.1, 0.15) is 393 Å². The predicted octanol–water partition coefficient (Wildman–Crippen LogP) is 20.9. The van der Waals surface area contributed by atoms with Crippen LogP contribution in [0, 0.1) is 0 Å². The molecule has 0 aromatic heterocycles. The van der Waals surface area contributed by atoms with Crippen LogP contribution in [0.2, 0.25) is 0 Å². The molecule has 1 fully saturated rings. The fourth-order valence-corrected chi connectivity index (χ4v) is 12.6. The minimum Gasteiger partial charge on any atom is -0.466 e. The van der Waals surface area contributed by atoms with Crippen molar-refractivity contribution in [3.8, 4) is 0 Å². The van der Waals surface area contributed by atoms with Gasteiger partial charge in [-0.3, -0.25) is 9.59 Å². The highest BCUT2D eigenvalue weighted by molar-refractivity contribution is 5.76. The van der Waals surface area contributed by atoms with Crippen LogP contribution in [0.3, 0.4) is 0 Å². The lowest BCUT2D eigenvalue weighted by Crippen LogP contribution is -2.60. The fourth-order valence-electron chi connectivity index (χ4n) is 12.6. The van der Waals surface area contributed by atoms with Gasteiger partial charge in [0.2, 0.25) is 5.91 Å². The van der Waals surface area contributed by atoms with Crippen LogP contribution in [-0.2, 0) is 23.8 Å². The Labute approximate surface area is 555 Å². The molecule has 0 aliphatic carbocycles. The van der Waals surface area contributed by atoms with Gasteiger partial charge in [0, 0.05) is 12.8 Å². The van der Waals surface area contributed by atoms with E-state index in [1.165, 1.54) is 315 Å². The van der Waals surface area contributed by atoms with Crippen LogP contribution >= 0.6 is 0 Å². The lowest BCUT2D eigenvalue weighted by atomic mass is 9.99. The van der Waals surface area contributed by atoms with Gasteiger partial charge in [0.25, 0.3) is 0 Å². The number of unbranched alkanes of at least 4 members (excludes halogenated alkanes) is 52. The number of nitrogens with one attached hydrogen (secondary N) is 1. The highest BCUT2D eigenvalue weighted by Crippen LogP contribution is 2.24. The van der Waals surface area contributed by atoms with E-state index in [-0.39, 0.29) is 18.5 Å². The molecule has 1 aliphatic rings. The number of carbonyl (C=O) groups is 2. The van der Waals surface area contributed by atoms with E-state index in [2.05, 4.69) is 43.5 Å². The summed E-state index contributed by atoms with van der Waals surface area (Å²) in [5, 5.41) is 54.6. The number of hydrogen-bond acceptors (Lipinski definition) is 10. The molecule has 0 saturated carbocycles. The number of esters is 1. The van der Waals surface area contributed by atoms with Crippen LogP contribution in [0.15, 0.2) is 36.5 Å². The van der Waals surface area contributed by atoms with Gasteiger partial charge in [-0.15, -0.1) is 0 Å². The first-order valence-corrected chi connectivity index (χ1v) is 39.3. The van der Waals surface area contributed by atoms with Crippen LogP contribution in [0.4, 0.5) is 0 Å². The topological polar surface area (TPSA) is 175 Å². The average Bonchev–Trinajstić information content (AvgIpc) is 2.63. The summed E-state index contributed by atoms with van der Waals surface area (Å²) in [6.45, 7) is 4.38. The smallest absolute Gasteiger partial charge is 0.305 e. The minimum atomic E-state index is -1.58. The fraction of sp³-hybridized carbons (Fsp3) is 0.899. The van der Waals surface area contributed by atoms with Gasteiger partial charge in [-0.05, 0) is 70.6 Å². The Balaban J connectivity index is 1.94. The molecule has 1 rings (SSSR count). The zero-order chi connectivity index (χ0) is 65.1. The van der Waals surface area contributed by atoms with E-state index in [0.717, 1.165) is 51.4 Å². The summed E-state index contributed by atoms with van der Waals surface area (Å²) in [4.78, 5) is 25.1. The van der Waals surface area contributed by atoms with Gasteiger partial charge in [-0.25, -0.2) is 0 Å². The second-order valence-electron chi connectivity index (χ2n) is 27.4. The second-order valence-corrected chi connectivity index (χ2v) is 27.4. The molecule has 0 aromatic rings. The number of aliphatic hydroxyl groups is 5. The molecule has 1 aliphatic heterocycles. The molecule has 11 heteroatoms. The third-order valence-electron chi connectivity index (χ3n) is 18.7. The molecule has 0 bridgehead atoms. The monoisotopic (exact) mass is 1270 g/mol. The summed E-state index contributed by atoms with van der Waals surface area (Å²) in [5.41, 5.74) is 0. The maximum absolute atomic E-state index is 13.1. The molecular weight excluding hydrogens is 1120 g/mol. The van der Waals surface area contributed by atoms with Crippen molar-refractivity contribution in [3.63, 3.8) is 0 Å². The number of ether oxygens (including phenoxy) is 3. The van der Waals surface area contributed by atoms with E-state index in [0.29, 0.717) is 19.4 Å². The molecule has 0 radical (unpaired) electrons. The quantitative estimate of drug-likeness (QED) is 0.0195. The largest absolute Gasteiger partial charge is 0.466 e. The Kier molecular flexibility index (Phi) is 65.2. The summed E-state index contributed by atoms with van der Waals surface area (Å²) in [5.74, 6) is -0.171. The van der Waals surface area contributed by atoms with Gasteiger partial charge >= 0.3 is 5.97 Å². The summed E-state index contributed by atoms with van der Waals surface area (Å²) in [7, 11) is 0. The van der Waals surface area contributed by atoms with E-state index in [9.17, 15) is 35.1 Å². The SMILES string of the molecule is CCCCCCCCCCC/C=C/CC/C=C/C(O)C(COC1OC(CO)C(O)C(O)C1O)NC(=O)CCCCCCCCCCCCCCCCCCC/C=C\CCCCCCCCCCCCCCCCOC(=O)CCCCCCCCCCCCCC. The maximum atomic E-state index is 13.1. The zero-order valence-electron chi connectivity index (χ0n) is 59.1. The molecule has 90 heavy (non-hydrogen) atoms. The number of carbonyl (C=O) groups excluding carboxylic acids is 2. The first-order valence-electron chi connectivity index (χ1n) is 39.3. The maximum Gasteiger partial charge on any atom is 0.305 e. The van der Waals surface area contributed by atoms with Gasteiger partial charge < -0.3 is 45.1 Å². The summed E-state index contributed by atoms with van der Waals surface area (Å²) < 4.78 is 16.8. The Bertz CT molecular complexity index is 1590. The van der Waals surface area contributed by atoms with Gasteiger partial charge in [0.05, 0.1) is 32.0 Å².